The quantitative estimate of drug-likeness (QED) is 0.925. The Kier molecular flexibility index (Phi) is 4.89. The maximum atomic E-state index is 12.8. The topological polar surface area (TPSA) is 55.2 Å². The van der Waals surface area contributed by atoms with Crippen LogP contribution in [0, 0.1) is 6.92 Å². The zero-order valence-corrected chi connectivity index (χ0v) is 13.0. The summed E-state index contributed by atoms with van der Waals surface area (Å²) >= 11 is 0. The minimum Gasteiger partial charge on any atom is -0.496 e. The maximum Gasteiger partial charge on any atom is 0.416 e. The number of aryl methyl sites for hydroxylation is 1. The second-order valence-electron chi connectivity index (χ2n) is 5.14. The van der Waals surface area contributed by atoms with E-state index in [9.17, 15) is 18.3 Å². The Labute approximate surface area is 131 Å². The van der Waals surface area contributed by atoms with Crippen LogP contribution in [-0.2, 0) is 6.18 Å². The number of aliphatic hydroxyl groups excluding tert-OH is 1. The lowest BCUT2D eigenvalue weighted by atomic mass is 10.0. The predicted molar refractivity (Wildman–Crippen MR) is 79.0 cm³/mol. The SMILES string of the molecule is CC[C@H](O)c1cc(C)c(-c2ccc(C(F)(F)F)cc2OC)nn1. The molecule has 0 bridgehead atoms. The van der Waals surface area contributed by atoms with E-state index in [2.05, 4.69) is 10.2 Å². The van der Waals surface area contributed by atoms with E-state index < -0.39 is 17.8 Å². The van der Waals surface area contributed by atoms with Gasteiger partial charge in [0.1, 0.15) is 5.75 Å². The summed E-state index contributed by atoms with van der Waals surface area (Å²) in [7, 11) is 1.30. The fourth-order valence-corrected chi connectivity index (χ4v) is 2.21. The average molecular weight is 326 g/mol. The van der Waals surface area contributed by atoms with Gasteiger partial charge >= 0.3 is 6.18 Å². The molecule has 2 rings (SSSR count). The molecule has 0 spiro atoms. The molecule has 0 aliphatic rings. The molecule has 0 saturated heterocycles. The van der Waals surface area contributed by atoms with Crippen LogP contribution >= 0.6 is 0 Å². The molecule has 0 radical (unpaired) electrons. The van der Waals surface area contributed by atoms with Crippen molar-refractivity contribution in [2.75, 3.05) is 7.11 Å². The molecule has 0 fully saturated rings. The molecule has 7 heteroatoms. The maximum absolute atomic E-state index is 12.8. The molecule has 124 valence electrons. The van der Waals surface area contributed by atoms with E-state index in [1.54, 1.807) is 13.0 Å². The summed E-state index contributed by atoms with van der Waals surface area (Å²) in [4.78, 5) is 0. The normalized spacial score (nSPS) is 13.0. The van der Waals surface area contributed by atoms with Gasteiger partial charge in [-0.1, -0.05) is 6.92 Å². The van der Waals surface area contributed by atoms with Gasteiger partial charge in [0.05, 0.1) is 30.2 Å². The number of hydrogen-bond acceptors (Lipinski definition) is 4. The highest BCUT2D eigenvalue weighted by molar-refractivity contribution is 5.70. The molecular weight excluding hydrogens is 309 g/mol. The first-order valence-corrected chi connectivity index (χ1v) is 7.05. The Bertz CT molecular complexity index is 702. The molecule has 4 nitrogen and oxygen atoms in total. The molecule has 1 aromatic carbocycles. The largest absolute Gasteiger partial charge is 0.496 e. The van der Waals surface area contributed by atoms with Crippen molar-refractivity contribution in [3.8, 4) is 17.0 Å². The molecular formula is C16H17F3N2O2. The van der Waals surface area contributed by atoms with Crippen molar-refractivity contribution < 1.29 is 23.0 Å². The molecule has 1 aromatic heterocycles. The number of benzene rings is 1. The molecule has 0 unspecified atom stereocenters. The Balaban J connectivity index is 2.50. The van der Waals surface area contributed by atoms with Crippen LogP contribution in [0.2, 0.25) is 0 Å². The number of rotatable bonds is 4. The van der Waals surface area contributed by atoms with E-state index in [1.165, 1.54) is 13.2 Å². The van der Waals surface area contributed by atoms with Crippen LogP contribution in [0.1, 0.15) is 36.3 Å². The summed E-state index contributed by atoms with van der Waals surface area (Å²) in [5.41, 5.74) is 1.17. The van der Waals surface area contributed by atoms with Crippen LogP contribution in [0.25, 0.3) is 11.3 Å². The average Bonchev–Trinajstić information content (AvgIpc) is 2.52. The third-order valence-electron chi connectivity index (χ3n) is 3.52. The van der Waals surface area contributed by atoms with Gasteiger partial charge in [0, 0.05) is 5.56 Å². The number of ether oxygens (including phenoxy) is 1. The lowest BCUT2D eigenvalue weighted by molar-refractivity contribution is -0.137. The molecule has 0 amide bonds. The zero-order valence-electron chi connectivity index (χ0n) is 13.0. The summed E-state index contributed by atoms with van der Waals surface area (Å²) in [5, 5.41) is 17.8. The molecule has 1 atom stereocenters. The van der Waals surface area contributed by atoms with Crippen LogP contribution in [-0.4, -0.2) is 22.4 Å². The van der Waals surface area contributed by atoms with Gasteiger partial charge in [0.2, 0.25) is 0 Å². The molecule has 2 aromatic rings. The van der Waals surface area contributed by atoms with Gasteiger partial charge in [-0.15, -0.1) is 5.10 Å². The summed E-state index contributed by atoms with van der Waals surface area (Å²) in [5.74, 6) is 0.0704. The fourth-order valence-electron chi connectivity index (χ4n) is 2.21. The molecule has 0 aliphatic heterocycles. The van der Waals surface area contributed by atoms with Crippen molar-refractivity contribution in [1.82, 2.24) is 10.2 Å². The van der Waals surface area contributed by atoms with Crippen molar-refractivity contribution in [2.45, 2.75) is 32.5 Å². The van der Waals surface area contributed by atoms with Crippen molar-refractivity contribution in [2.24, 2.45) is 0 Å². The van der Waals surface area contributed by atoms with Crippen LogP contribution < -0.4 is 4.74 Å². The first-order valence-electron chi connectivity index (χ1n) is 7.05. The van der Waals surface area contributed by atoms with E-state index in [0.29, 0.717) is 28.9 Å². The second-order valence-corrected chi connectivity index (χ2v) is 5.14. The second kappa shape index (κ2) is 6.54. The lowest BCUT2D eigenvalue weighted by Crippen LogP contribution is -2.06. The summed E-state index contributed by atoms with van der Waals surface area (Å²) in [6.45, 7) is 3.57. The Morgan fingerprint density at radius 1 is 1.22 bits per heavy atom. The Morgan fingerprint density at radius 2 is 1.91 bits per heavy atom. The highest BCUT2D eigenvalue weighted by atomic mass is 19.4. The van der Waals surface area contributed by atoms with Gasteiger partial charge in [-0.2, -0.15) is 18.3 Å². The standard InChI is InChI=1S/C16H17F3N2O2/c1-4-13(22)12-7-9(2)15(21-20-12)11-6-5-10(16(17,18)19)8-14(11)23-3/h5-8,13,22H,4H2,1-3H3/t13-/m0/s1. The summed E-state index contributed by atoms with van der Waals surface area (Å²) in [6.07, 6.45) is -4.66. The molecule has 1 heterocycles. The van der Waals surface area contributed by atoms with E-state index >= 15 is 0 Å². The third kappa shape index (κ3) is 3.61. The highest BCUT2D eigenvalue weighted by Gasteiger charge is 2.31. The smallest absolute Gasteiger partial charge is 0.416 e. The Morgan fingerprint density at radius 3 is 2.43 bits per heavy atom. The summed E-state index contributed by atoms with van der Waals surface area (Å²) in [6, 6.07) is 4.90. The van der Waals surface area contributed by atoms with Crippen LogP contribution in [0.4, 0.5) is 13.2 Å². The fraction of sp³-hybridized carbons (Fsp3) is 0.375. The van der Waals surface area contributed by atoms with Crippen molar-refractivity contribution in [3.05, 3.63) is 41.1 Å². The van der Waals surface area contributed by atoms with Crippen LogP contribution in [0.3, 0.4) is 0 Å². The highest BCUT2D eigenvalue weighted by Crippen LogP contribution is 2.37. The van der Waals surface area contributed by atoms with Crippen LogP contribution in [0.5, 0.6) is 5.75 Å². The monoisotopic (exact) mass is 326 g/mol. The first-order chi connectivity index (χ1) is 10.8. The van der Waals surface area contributed by atoms with Gasteiger partial charge in [0.25, 0.3) is 0 Å². The van der Waals surface area contributed by atoms with Gasteiger partial charge < -0.3 is 9.84 Å². The van der Waals surface area contributed by atoms with Crippen molar-refractivity contribution in [1.29, 1.82) is 0 Å². The number of nitrogens with zero attached hydrogens (tertiary/aromatic N) is 2. The van der Waals surface area contributed by atoms with Crippen LogP contribution in [0.15, 0.2) is 24.3 Å². The van der Waals surface area contributed by atoms with Gasteiger partial charge in [-0.05, 0) is 43.2 Å². The van der Waals surface area contributed by atoms with E-state index in [4.69, 9.17) is 4.74 Å². The summed E-state index contributed by atoms with van der Waals surface area (Å²) < 4.78 is 43.4. The van der Waals surface area contributed by atoms with Gasteiger partial charge in [-0.25, -0.2) is 0 Å². The number of halogens is 3. The molecule has 0 aliphatic carbocycles. The van der Waals surface area contributed by atoms with E-state index in [0.717, 1.165) is 12.1 Å². The van der Waals surface area contributed by atoms with E-state index in [1.807, 2.05) is 6.92 Å². The predicted octanol–water partition coefficient (Wildman–Crippen LogP) is 3.92. The molecule has 1 N–H and O–H groups in total. The number of alkyl halides is 3. The zero-order chi connectivity index (χ0) is 17.2. The van der Waals surface area contributed by atoms with Crippen molar-refractivity contribution in [3.63, 3.8) is 0 Å². The number of aliphatic hydroxyl groups is 1. The Hall–Kier alpha value is -2.15. The van der Waals surface area contributed by atoms with Gasteiger partial charge in [-0.3, -0.25) is 0 Å². The third-order valence-corrected chi connectivity index (χ3v) is 3.52. The van der Waals surface area contributed by atoms with Gasteiger partial charge in [0.15, 0.2) is 0 Å². The first kappa shape index (κ1) is 17.2. The molecule has 23 heavy (non-hydrogen) atoms. The molecule has 0 saturated carbocycles. The lowest BCUT2D eigenvalue weighted by Gasteiger charge is -2.14. The minimum atomic E-state index is -4.44. The van der Waals surface area contributed by atoms with E-state index in [-0.39, 0.29) is 5.75 Å². The number of aromatic nitrogens is 2. The van der Waals surface area contributed by atoms with Crippen molar-refractivity contribution >= 4 is 0 Å². The number of methoxy groups -OCH3 is 1. The minimum absolute atomic E-state index is 0.0704. The number of hydrogen-bond donors (Lipinski definition) is 1.